The normalized spacial score (nSPS) is 16.1. The summed E-state index contributed by atoms with van der Waals surface area (Å²) in [4.78, 5) is 32.8. The molecule has 0 bridgehead atoms. The lowest BCUT2D eigenvalue weighted by Gasteiger charge is -2.41. The highest BCUT2D eigenvalue weighted by atomic mass is 16.4. The molecule has 19 heavy (non-hydrogen) atoms. The van der Waals surface area contributed by atoms with Crippen LogP contribution in [0.25, 0.3) is 0 Å². The Kier molecular flexibility index (Phi) is 5.59. The fraction of sp³-hybridized carbons (Fsp3) is 0.750. The summed E-state index contributed by atoms with van der Waals surface area (Å²) >= 11 is 0. The number of carboxylic acids is 1. The maximum absolute atomic E-state index is 11.5. The van der Waals surface area contributed by atoms with Crippen molar-refractivity contribution in [2.45, 2.75) is 32.6 Å². The van der Waals surface area contributed by atoms with E-state index in [2.05, 4.69) is 22.9 Å². The van der Waals surface area contributed by atoms with Crippen molar-refractivity contribution in [3.8, 4) is 0 Å². The molecule has 0 spiro atoms. The fourth-order valence-electron chi connectivity index (χ4n) is 2.06. The van der Waals surface area contributed by atoms with Crippen molar-refractivity contribution in [1.82, 2.24) is 16.0 Å². The van der Waals surface area contributed by atoms with Crippen LogP contribution >= 0.6 is 0 Å². The second-order valence-corrected chi connectivity index (χ2v) is 4.91. The number of aliphatic carboxylic acids is 1. The number of amides is 3. The van der Waals surface area contributed by atoms with Gasteiger partial charge in [-0.3, -0.25) is 9.59 Å². The molecule has 1 rings (SSSR count). The number of urea groups is 1. The molecule has 0 aromatic carbocycles. The van der Waals surface area contributed by atoms with Crippen molar-refractivity contribution in [2.75, 3.05) is 19.6 Å². The molecule has 0 aromatic heterocycles. The van der Waals surface area contributed by atoms with Crippen molar-refractivity contribution in [3.63, 3.8) is 0 Å². The van der Waals surface area contributed by atoms with Crippen LogP contribution < -0.4 is 16.0 Å². The number of rotatable bonds is 7. The van der Waals surface area contributed by atoms with E-state index >= 15 is 0 Å². The lowest BCUT2D eigenvalue weighted by atomic mass is 9.67. The van der Waals surface area contributed by atoms with Gasteiger partial charge in [-0.15, -0.1) is 0 Å². The fourth-order valence-corrected chi connectivity index (χ4v) is 2.06. The summed E-state index contributed by atoms with van der Waals surface area (Å²) in [5.74, 6) is -1.64. The molecule has 108 valence electrons. The van der Waals surface area contributed by atoms with Gasteiger partial charge in [0.15, 0.2) is 0 Å². The van der Waals surface area contributed by atoms with Crippen LogP contribution in [0.5, 0.6) is 0 Å². The van der Waals surface area contributed by atoms with Crippen LogP contribution in [0.2, 0.25) is 0 Å². The predicted molar refractivity (Wildman–Crippen MR) is 68.6 cm³/mol. The quantitative estimate of drug-likeness (QED) is 0.525. The van der Waals surface area contributed by atoms with Crippen LogP contribution in [-0.4, -0.2) is 42.6 Å². The topological polar surface area (TPSA) is 108 Å². The molecule has 1 aliphatic carbocycles. The predicted octanol–water partition coefficient (Wildman–Crippen LogP) is 0.0667. The Morgan fingerprint density at radius 1 is 1.11 bits per heavy atom. The van der Waals surface area contributed by atoms with Gasteiger partial charge in [0.05, 0.1) is 6.54 Å². The van der Waals surface area contributed by atoms with Gasteiger partial charge < -0.3 is 21.1 Å². The molecule has 3 amide bonds. The van der Waals surface area contributed by atoms with E-state index in [0.717, 1.165) is 19.3 Å². The number of carboxylic acid groups (broad SMARTS) is 1. The molecule has 0 aliphatic heterocycles. The zero-order valence-electron chi connectivity index (χ0n) is 11.1. The molecule has 1 aliphatic rings. The van der Waals surface area contributed by atoms with E-state index in [1.54, 1.807) is 0 Å². The van der Waals surface area contributed by atoms with Gasteiger partial charge in [0.25, 0.3) is 0 Å². The Morgan fingerprint density at radius 2 is 1.79 bits per heavy atom. The molecule has 0 atom stereocenters. The van der Waals surface area contributed by atoms with Crippen LogP contribution in [0.4, 0.5) is 4.79 Å². The molecule has 0 heterocycles. The first-order chi connectivity index (χ1) is 8.97. The summed E-state index contributed by atoms with van der Waals surface area (Å²) in [5, 5.41) is 15.7. The second kappa shape index (κ2) is 6.96. The van der Waals surface area contributed by atoms with E-state index < -0.39 is 24.5 Å². The third-order valence-corrected chi connectivity index (χ3v) is 3.63. The first kappa shape index (κ1) is 15.3. The lowest BCUT2D eigenvalue weighted by molar-refractivity contribution is -0.137. The zero-order chi connectivity index (χ0) is 14.3. The molecule has 0 radical (unpaired) electrons. The van der Waals surface area contributed by atoms with Crippen LogP contribution in [0, 0.1) is 5.41 Å². The van der Waals surface area contributed by atoms with Crippen molar-refractivity contribution in [1.29, 1.82) is 0 Å². The van der Waals surface area contributed by atoms with Gasteiger partial charge in [0, 0.05) is 6.54 Å². The minimum absolute atomic E-state index is 0.224. The van der Waals surface area contributed by atoms with Crippen molar-refractivity contribution in [2.24, 2.45) is 5.41 Å². The van der Waals surface area contributed by atoms with Gasteiger partial charge in [0.2, 0.25) is 5.91 Å². The van der Waals surface area contributed by atoms with Gasteiger partial charge in [0.1, 0.15) is 6.54 Å². The molecule has 0 aromatic rings. The lowest BCUT2D eigenvalue weighted by Crippen LogP contribution is -2.47. The molecule has 0 unspecified atom stereocenters. The Bertz CT molecular complexity index is 347. The smallest absolute Gasteiger partial charge is 0.322 e. The number of carbonyl (C=O) groups is 3. The van der Waals surface area contributed by atoms with Gasteiger partial charge in [-0.1, -0.05) is 13.3 Å². The third-order valence-electron chi connectivity index (χ3n) is 3.63. The molecule has 1 fully saturated rings. The Labute approximate surface area is 112 Å². The van der Waals surface area contributed by atoms with E-state index in [0.29, 0.717) is 6.54 Å². The number of hydrogen-bond acceptors (Lipinski definition) is 3. The maximum Gasteiger partial charge on any atom is 0.322 e. The molecule has 4 N–H and O–H groups in total. The number of nitrogens with one attached hydrogen (secondary N) is 3. The minimum Gasteiger partial charge on any atom is -0.480 e. The van der Waals surface area contributed by atoms with E-state index in [1.165, 1.54) is 6.42 Å². The zero-order valence-corrected chi connectivity index (χ0v) is 11.1. The summed E-state index contributed by atoms with van der Waals surface area (Å²) in [5.41, 5.74) is 0.225. The molecule has 7 heteroatoms. The summed E-state index contributed by atoms with van der Waals surface area (Å²) in [7, 11) is 0. The molecule has 1 saturated carbocycles. The first-order valence-electron chi connectivity index (χ1n) is 6.48. The highest BCUT2D eigenvalue weighted by Crippen LogP contribution is 2.42. The molecular formula is C12H21N3O4. The highest BCUT2D eigenvalue weighted by molar-refractivity contribution is 5.86. The van der Waals surface area contributed by atoms with E-state index in [1.807, 2.05) is 0 Å². The monoisotopic (exact) mass is 271 g/mol. The third kappa shape index (κ3) is 5.15. The Morgan fingerprint density at radius 3 is 2.26 bits per heavy atom. The van der Waals surface area contributed by atoms with Crippen molar-refractivity contribution >= 4 is 17.9 Å². The van der Waals surface area contributed by atoms with Gasteiger partial charge >= 0.3 is 12.0 Å². The SMILES string of the molecule is CCC1(CNC(=O)NCC(=O)NCC(=O)O)CCC1. The van der Waals surface area contributed by atoms with E-state index in [4.69, 9.17) is 5.11 Å². The molecular weight excluding hydrogens is 250 g/mol. The Hall–Kier alpha value is -1.79. The molecule has 0 saturated heterocycles. The van der Waals surface area contributed by atoms with E-state index in [9.17, 15) is 14.4 Å². The summed E-state index contributed by atoms with van der Waals surface area (Å²) in [6, 6.07) is -0.398. The molecule has 7 nitrogen and oxygen atoms in total. The second-order valence-electron chi connectivity index (χ2n) is 4.91. The average molecular weight is 271 g/mol. The average Bonchev–Trinajstić information content (AvgIpc) is 2.33. The van der Waals surface area contributed by atoms with Gasteiger partial charge in [-0.05, 0) is 24.7 Å². The maximum atomic E-state index is 11.5. The standard InChI is InChI=1S/C12H21N3O4/c1-2-12(4-3-5-12)8-15-11(19)14-6-9(16)13-7-10(17)18/h2-8H2,1H3,(H,13,16)(H,17,18)(H2,14,15,19). The number of carbonyl (C=O) groups excluding carboxylic acids is 2. The summed E-state index contributed by atoms with van der Waals surface area (Å²) in [6.45, 7) is 2.06. The van der Waals surface area contributed by atoms with E-state index in [-0.39, 0.29) is 12.0 Å². The van der Waals surface area contributed by atoms with Gasteiger partial charge in [-0.25, -0.2) is 4.79 Å². The number of hydrogen-bond donors (Lipinski definition) is 4. The van der Waals surface area contributed by atoms with Crippen molar-refractivity contribution in [3.05, 3.63) is 0 Å². The minimum atomic E-state index is -1.12. The summed E-state index contributed by atoms with van der Waals surface area (Å²) < 4.78 is 0. The van der Waals surface area contributed by atoms with Crippen LogP contribution in [-0.2, 0) is 9.59 Å². The van der Waals surface area contributed by atoms with Crippen molar-refractivity contribution < 1.29 is 19.5 Å². The van der Waals surface area contributed by atoms with Crippen LogP contribution in [0.3, 0.4) is 0 Å². The first-order valence-corrected chi connectivity index (χ1v) is 6.48. The highest BCUT2D eigenvalue weighted by Gasteiger charge is 2.35. The van der Waals surface area contributed by atoms with Gasteiger partial charge in [-0.2, -0.15) is 0 Å². The van der Waals surface area contributed by atoms with Crippen LogP contribution in [0.15, 0.2) is 0 Å². The van der Waals surface area contributed by atoms with Crippen LogP contribution in [0.1, 0.15) is 32.6 Å². The summed E-state index contributed by atoms with van der Waals surface area (Å²) in [6.07, 6.45) is 4.49. The largest absolute Gasteiger partial charge is 0.480 e. The Balaban J connectivity index is 2.14.